The molecular formula is C15H23ClN4O3S. The first kappa shape index (κ1) is 20.4. The highest BCUT2D eigenvalue weighted by molar-refractivity contribution is 7.92. The van der Waals surface area contributed by atoms with E-state index in [0.29, 0.717) is 30.2 Å². The van der Waals surface area contributed by atoms with Gasteiger partial charge in [-0.15, -0.1) is 12.4 Å². The molecule has 24 heavy (non-hydrogen) atoms. The zero-order chi connectivity index (χ0) is 16.9. The molecule has 0 aliphatic carbocycles. The second-order valence-corrected chi connectivity index (χ2v) is 7.25. The van der Waals surface area contributed by atoms with Gasteiger partial charge < -0.3 is 9.84 Å². The third kappa shape index (κ3) is 5.77. The highest BCUT2D eigenvalue weighted by Gasteiger charge is 2.12. The summed E-state index contributed by atoms with van der Waals surface area (Å²) in [5.74, 6) is 1.16. The summed E-state index contributed by atoms with van der Waals surface area (Å²) in [6, 6.07) is 7.13. The van der Waals surface area contributed by atoms with Crippen LogP contribution in [0.2, 0.25) is 0 Å². The number of anilines is 1. The van der Waals surface area contributed by atoms with Crippen LogP contribution in [0.4, 0.5) is 5.69 Å². The first-order valence-corrected chi connectivity index (χ1v) is 9.19. The molecule has 2 aromatic rings. The molecule has 0 spiro atoms. The molecule has 9 heteroatoms. The minimum Gasteiger partial charge on any atom is -0.334 e. The topological polar surface area (TPSA) is 97.1 Å². The number of hydrogen-bond acceptors (Lipinski definition) is 6. The van der Waals surface area contributed by atoms with E-state index in [9.17, 15) is 8.42 Å². The Balaban J connectivity index is 0.00000288. The van der Waals surface area contributed by atoms with Crippen LogP contribution >= 0.6 is 12.4 Å². The maximum absolute atomic E-state index is 11.7. The fourth-order valence-corrected chi connectivity index (χ4v) is 3.14. The van der Waals surface area contributed by atoms with Gasteiger partial charge in [0, 0.05) is 23.7 Å². The van der Waals surface area contributed by atoms with Crippen molar-refractivity contribution in [3.05, 3.63) is 30.1 Å². The van der Waals surface area contributed by atoms with Crippen molar-refractivity contribution in [2.45, 2.75) is 32.7 Å². The van der Waals surface area contributed by atoms with Crippen molar-refractivity contribution in [3.63, 3.8) is 0 Å². The SMILES string of the molecule is CCCS(=O)(=O)Nc1ccc(-c2nc(CC(C)NC)no2)cc1.Cl. The lowest BCUT2D eigenvalue weighted by molar-refractivity contribution is 0.418. The number of nitrogens with one attached hydrogen (secondary N) is 2. The molecule has 1 atom stereocenters. The number of aromatic nitrogens is 2. The summed E-state index contributed by atoms with van der Waals surface area (Å²) in [5.41, 5.74) is 1.27. The van der Waals surface area contributed by atoms with Crippen LogP contribution in [-0.2, 0) is 16.4 Å². The second-order valence-electron chi connectivity index (χ2n) is 5.41. The van der Waals surface area contributed by atoms with Gasteiger partial charge in [0.15, 0.2) is 5.82 Å². The van der Waals surface area contributed by atoms with Gasteiger partial charge in [-0.25, -0.2) is 8.42 Å². The minimum atomic E-state index is -3.28. The van der Waals surface area contributed by atoms with E-state index in [0.717, 1.165) is 5.56 Å². The quantitative estimate of drug-likeness (QED) is 0.736. The van der Waals surface area contributed by atoms with Crippen molar-refractivity contribution in [1.29, 1.82) is 0 Å². The monoisotopic (exact) mass is 374 g/mol. The Morgan fingerprint density at radius 3 is 2.50 bits per heavy atom. The molecule has 1 unspecified atom stereocenters. The average Bonchev–Trinajstić information content (AvgIpc) is 2.95. The number of halogens is 1. The third-order valence-electron chi connectivity index (χ3n) is 3.33. The molecule has 1 aromatic carbocycles. The molecule has 2 rings (SSSR count). The molecule has 0 aliphatic heterocycles. The maximum atomic E-state index is 11.7. The summed E-state index contributed by atoms with van der Waals surface area (Å²) < 4.78 is 31.2. The van der Waals surface area contributed by atoms with E-state index < -0.39 is 10.0 Å². The second kappa shape index (κ2) is 9.00. The van der Waals surface area contributed by atoms with E-state index in [4.69, 9.17) is 4.52 Å². The lowest BCUT2D eigenvalue weighted by atomic mass is 10.2. The predicted octanol–water partition coefficient (Wildman–Crippen LogP) is 2.46. The number of hydrogen-bond donors (Lipinski definition) is 2. The Bertz CT molecular complexity index is 731. The molecule has 134 valence electrons. The highest BCUT2D eigenvalue weighted by atomic mass is 35.5. The van der Waals surface area contributed by atoms with Gasteiger partial charge in [0.25, 0.3) is 5.89 Å². The molecule has 0 saturated heterocycles. The van der Waals surface area contributed by atoms with Crippen molar-refractivity contribution in [3.8, 4) is 11.5 Å². The standard InChI is InChI=1S/C15H22N4O3S.ClH/c1-4-9-23(20,21)19-13-7-5-12(6-8-13)15-17-14(18-22-15)10-11(2)16-3;/h5-8,11,16,19H,4,9-10H2,1-3H3;1H. The normalized spacial score (nSPS) is 12.5. The molecule has 0 aliphatic rings. The van der Waals surface area contributed by atoms with Crippen molar-refractivity contribution in [1.82, 2.24) is 15.5 Å². The Morgan fingerprint density at radius 2 is 1.92 bits per heavy atom. The molecule has 1 aromatic heterocycles. The fraction of sp³-hybridized carbons (Fsp3) is 0.467. The zero-order valence-electron chi connectivity index (χ0n) is 13.9. The Labute approximate surface area is 148 Å². The summed E-state index contributed by atoms with van der Waals surface area (Å²) in [5, 5.41) is 7.06. The fourth-order valence-electron chi connectivity index (χ4n) is 2.01. The molecular weight excluding hydrogens is 352 g/mol. The molecule has 1 heterocycles. The van der Waals surface area contributed by atoms with E-state index in [-0.39, 0.29) is 24.2 Å². The van der Waals surface area contributed by atoms with E-state index in [1.54, 1.807) is 24.3 Å². The molecule has 7 nitrogen and oxygen atoms in total. The van der Waals surface area contributed by atoms with Crippen LogP contribution in [0, 0.1) is 0 Å². The van der Waals surface area contributed by atoms with E-state index >= 15 is 0 Å². The van der Waals surface area contributed by atoms with Crippen LogP contribution < -0.4 is 10.0 Å². The van der Waals surface area contributed by atoms with E-state index in [1.165, 1.54) is 0 Å². The van der Waals surface area contributed by atoms with Crippen LogP contribution in [-0.4, -0.2) is 37.4 Å². The van der Waals surface area contributed by atoms with E-state index in [1.807, 2.05) is 20.9 Å². The van der Waals surface area contributed by atoms with Gasteiger partial charge in [-0.3, -0.25) is 4.72 Å². The van der Waals surface area contributed by atoms with Crippen LogP contribution in [0.25, 0.3) is 11.5 Å². The maximum Gasteiger partial charge on any atom is 0.257 e. The first-order chi connectivity index (χ1) is 10.9. The van der Waals surface area contributed by atoms with Gasteiger partial charge in [-0.1, -0.05) is 12.1 Å². The number of rotatable bonds is 8. The van der Waals surface area contributed by atoms with Crippen molar-refractivity contribution >= 4 is 28.1 Å². The lowest BCUT2D eigenvalue weighted by Crippen LogP contribution is -2.24. The summed E-state index contributed by atoms with van der Waals surface area (Å²) in [6.07, 6.45) is 1.25. The zero-order valence-corrected chi connectivity index (χ0v) is 15.6. The Kier molecular flexibility index (Phi) is 7.65. The van der Waals surface area contributed by atoms with Crippen molar-refractivity contribution in [2.75, 3.05) is 17.5 Å². The van der Waals surface area contributed by atoms with Gasteiger partial charge in [-0.2, -0.15) is 4.98 Å². The Hall–Kier alpha value is -1.64. The summed E-state index contributed by atoms with van der Waals surface area (Å²) in [4.78, 5) is 4.35. The van der Waals surface area contributed by atoms with Crippen LogP contribution in [0.1, 0.15) is 26.1 Å². The first-order valence-electron chi connectivity index (χ1n) is 7.54. The summed E-state index contributed by atoms with van der Waals surface area (Å²) in [7, 11) is -1.40. The molecule has 0 radical (unpaired) electrons. The molecule has 0 bridgehead atoms. The van der Waals surface area contributed by atoms with E-state index in [2.05, 4.69) is 20.2 Å². The molecule has 0 fully saturated rings. The molecule has 0 amide bonds. The number of benzene rings is 1. The minimum absolute atomic E-state index is 0. The predicted molar refractivity (Wildman–Crippen MR) is 96.9 cm³/mol. The Morgan fingerprint density at radius 1 is 1.25 bits per heavy atom. The number of sulfonamides is 1. The van der Waals surface area contributed by atoms with Gasteiger partial charge in [0.1, 0.15) is 0 Å². The largest absolute Gasteiger partial charge is 0.334 e. The van der Waals surface area contributed by atoms with Crippen LogP contribution in [0.15, 0.2) is 28.8 Å². The van der Waals surface area contributed by atoms with Crippen LogP contribution in [0.5, 0.6) is 0 Å². The van der Waals surface area contributed by atoms with Gasteiger partial charge >= 0.3 is 0 Å². The average molecular weight is 375 g/mol. The summed E-state index contributed by atoms with van der Waals surface area (Å²) in [6.45, 7) is 3.86. The lowest BCUT2D eigenvalue weighted by Gasteiger charge is -2.06. The van der Waals surface area contributed by atoms with Gasteiger partial charge in [0.05, 0.1) is 5.75 Å². The van der Waals surface area contributed by atoms with Gasteiger partial charge in [-0.05, 0) is 44.7 Å². The molecule has 0 saturated carbocycles. The number of nitrogens with zero attached hydrogens (tertiary/aromatic N) is 2. The highest BCUT2D eigenvalue weighted by Crippen LogP contribution is 2.20. The smallest absolute Gasteiger partial charge is 0.257 e. The summed E-state index contributed by atoms with van der Waals surface area (Å²) >= 11 is 0. The number of likely N-dealkylation sites (N-methyl/N-ethyl adjacent to an activating group) is 1. The van der Waals surface area contributed by atoms with Crippen molar-refractivity contribution < 1.29 is 12.9 Å². The van der Waals surface area contributed by atoms with Gasteiger partial charge in [0.2, 0.25) is 10.0 Å². The van der Waals surface area contributed by atoms with Crippen molar-refractivity contribution in [2.24, 2.45) is 0 Å². The van der Waals surface area contributed by atoms with Crippen LogP contribution in [0.3, 0.4) is 0 Å². The molecule has 2 N–H and O–H groups in total. The third-order valence-corrected chi connectivity index (χ3v) is 4.82.